The van der Waals surface area contributed by atoms with Crippen molar-refractivity contribution in [3.63, 3.8) is 0 Å². The number of aryl methyl sites for hydroxylation is 1. The maximum absolute atomic E-state index is 11.5. The van der Waals surface area contributed by atoms with Crippen molar-refractivity contribution in [3.8, 4) is 0 Å². The molecule has 3 N–H and O–H groups in total. The van der Waals surface area contributed by atoms with Crippen LogP contribution >= 0.6 is 0 Å². The number of nitrogen functional groups attached to an aromatic ring is 1. The van der Waals surface area contributed by atoms with Gasteiger partial charge in [0, 0.05) is 18.2 Å². The molecule has 22 heavy (non-hydrogen) atoms. The van der Waals surface area contributed by atoms with Crippen molar-refractivity contribution in [1.82, 2.24) is 5.32 Å². The van der Waals surface area contributed by atoms with Crippen LogP contribution in [0.25, 0.3) is 6.08 Å². The van der Waals surface area contributed by atoms with E-state index in [2.05, 4.69) is 5.32 Å². The monoisotopic (exact) mass is 307 g/mol. The van der Waals surface area contributed by atoms with Gasteiger partial charge in [0.1, 0.15) is 11.3 Å². The van der Waals surface area contributed by atoms with Crippen molar-refractivity contribution >= 4 is 23.5 Å². The smallest absolute Gasteiger partial charge is 0.407 e. The second-order valence-corrected chi connectivity index (χ2v) is 5.83. The molecule has 0 bridgehead atoms. The van der Waals surface area contributed by atoms with E-state index in [1.807, 2.05) is 0 Å². The number of hydrogen-bond acceptors (Lipinski definition) is 5. The van der Waals surface area contributed by atoms with Crippen molar-refractivity contribution in [2.24, 2.45) is 0 Å². The van der Waals surface area contributed by atoms with Crippen LogP contribution in [0.5, 0.6) is 0 Å². The van der Waals surface area contributed by atoms with Crippen molar-refractivity contribution in [1.29, 1.82) is 0 Å². The molecule has 0 aliphatic rings. The van der Waals surface area contributed by atoms with Gasteiger partial charge in [-0.3, -0.25) is 10.1 Å². The molecule has 0 fully saturated rings. The number of nitro benzene ring substituents is 1. The normalized spacial score (nSPS) is 11.5. The van der Waals surface area contributed by atoms with Gasteiger partial charge in [0.05, 0.1) is 4.92 Å². The molecule has 1 rings (SSSR count). The van der Waals surface area contributed by atoms with E-state index in [-0.39, 0.29) is 17.9 Å². The van der Waals surface area contributed by atoms with Crippen LogP contribution in [0.4, 0.5) is 16.2 Å². The van der Waals surface area contributed by atoms with E-state index in [1.165, 1.54) is 6.07 Å². The quantitative estimate of drug-likeness (QED) is 0.505. The largest absolute Gasteiger partial charge is 0.444 e. The summed E-state index contributed by atoms with van der Waals surface area (Å²) in [4.78, 5) is 21.8. The molecule has 0 unspecified atom stereocenters. The molecule has 0 radical (unpaired) electrons. The lowest BCUT2D eigenvalue weighted by Gasteiger charge is -2.19. The molecule has 1 aromatic rings. The molecule has 7 heteroatoms. The molecule has 1 amide bonds. The molecule has 0 spiro atoms. The lowest BCUT2D eigenvalue weighted by atomic mass is 10.1. The molecule has 0 aliphatic heterocycles. The van der Waals surface area contributed by atoms with Gasteiger partial charge in [-0.1, -0.05) is 12.2 Å². The lowest BCUT2D eigenvalue weighted by molar-refractivity contribution is -0.383. The first-order valence-electron chi connectivity index (χ1n) is 6.78. The number of ether oxygens (including phenoxy) is 1. The van der Waals surface area contributed by atoms with Gasteiger partial charge in [-0.25, -0.2) is 4.79 Å². The fraction of sp³-hybridized carbons (Fsp3) is 0.400. The molecule has 0 saturated heterocycles. The van der Waals surface area contributed by atoms with Gasteiger partial charge in [0.2, 0.25) is 0 Å². The molecule has 0 atom stereocenters. The molecular weight excluding hydrogens is 286 g/mol. The molecule has 120 valence electrons. The number of hydrogen-bond donors (Lipinski definition) is 2. The maximum atomic E-state index is 11.5. The number of nitrogens with two attached hydrogens (primary N) is 1. The molecule has 0 heterocycles. The predicted octanol–water partition coefficient (Wildman–Crippen LogP) is 3.02. The summed E-state index contributed by atoms with van der Waals surface area (Å²) in [6.07, 6.45) is 2.76. The topological polar surface area (TPSA) is 107 Å². The van der Waals surface area contributed by atoms with Crippen LogP contribution in [0, 0.1) is 17.0 Å². The summed E-state index contributed by atoms with van der Waals surface area (Å²) in [6.45, 7) is 7.30. The van der Waals surface area contributed by atoms with Crippen LogP contribution in [-0.2, 0) is 4.74 Å². The first-order chi connectivity index (χ1) is 10.1. The summed E-state index contributed by atoms with van der Waals surface area (Å²) in [5.74, 6) is 0. The van der Waals surface area contributed by atoms with Gasteiger partial charge in [-0.15, -0.1) is 0 Å². The number of carbonyl (C=O) groups excluding carboxylic acids is 1. The second-order valence-electron chi connectivity index (χ2n) is 5.83. The lowest BCUT2D eigenvalue weighted by Crippen LogP contribution is -2.32. The Hall–Kier alpha value is -2.57. The maximum Gasteiger partial charge on any atom is 0.407 e. The zero-order valence-electron chi connectivity index (χ0n) is 13.2. The first kappa shape index (κ1) is 17.5. The van der Waals surface area contributed by atoms with Crippen molar-refractivity contribution in [2.75, 3.05) is 12.3 Å². The number of nitro groups is 1. The van der Waals surface area contributed by atoms with Crippen molar-refractivity contribution < 1.29 is 14.5 Å². The second kappa shape index (κ2) is 6.93. The Kier molecular flexibility index (Phi) is 5.50. The average molecular weight is 307 g/mol. The van der Waals surface area contributed by atoms with Crippen LogP contribution in [0.2, 0.25) is 0 Å². The average Bonchev–Trinajstić information content (AvgIpc) is 2.35. The minimum atomic E-state index is -0.560. The Morgan fingerprint density at radius 1 is 1.45 bits per heavy atom. The number of nitrogens with one attached hydrogen (secondary N) is 1. The van der Waals surface area contributed by atoms with Gasteiger partial charge in [0.25, 0.3) is 5.69 Å². The summed E-state index contributed by atoms with van der Waals surface area (Å²) in [6, 6.07) is 3.16. The number of alkyl carbamates (subject to hydrolysis) is 1. The molecule has 1 aromatic carbocycles. The summed E-state index contributed by atoms with van der Waals surface area (Å²) in [5, 5.41) is 13.5. The third-order valence-corrected chi connectivity index (χ3v) is 2.59. The molecule has 0 aromatic heterocycles. The Morgan fingerprint density at radius 3 is 2.64 bits per heavy atom. The van der Waals surface area contributed by atoms with Crippen molar-refractivity contribution in [2.45, 2.75) is 33.3 Å². The molecule has 0 aliphatic carbocycles. The zero-order chi connectivity index (χ0) is 16.9. The van der Waals surface area contributed by atoms with E-state index in [9.17, 15) is 14.9 Å². The molecule has 0 saturated carbocycles. The summed E-state index contributed by atoms with van der Waals surface area (Å²) in [7, 11) is 0. The van der Waals surface area contributed by atoms with Crippen LogP contribution in [0.1, 0.15) is 31.9 Å². The van der Waals surface area contributed by atoms with Gasteiger partial charge in [-0.05, 0) is 39.3 Å². The first-order valence-corrected chi connectivity index (χ1v) is 6.78. The standard InChI is InChI=1S/C15H21N3O4/c1-10-8-11(13(16)12(9-10)18(20)21)6-5-7-17-14(19)22-15(2,3)4/h5-6,8-9H,7,16H2,1-4H3,(H,17,19). The number of rotatable bonds is 4. The van der Waals surface area contributed by atoms with Crippen LogP contribution in [-0.4, -0.2) is 23.2 Å². The van der Waals surface area contributed by atoms with E-state index < -0.39 is 16.6 Å². The van der Waals surface area contributed by atoms with E-state index >= 15 is 0 Å². The highest BCUT2D eigenvalue weighted by Crippen LogP contribution is 2.27. The third kappa shape index (κ3) is 5.43. The number of nitrogens with zero attached hydrogens (tertiary/aromatic N) is 1. The highest BCUT2D eigenvalue weighted by Gasteiger charge is 2.16. The summed E-state index contributed by atoms with van der Waals surface area (Å²) < 4.78 is 5.09. The Morgan fingerprint density at radius 2 is 2.09 bits per heavy atom. The predicted molar refractivity (Wildman–Crippen MR) is 85.5 cm³/mol. The summed E-state index contributed by atoms with van der Waals surface area (Å²) in [5.41, 5.74) is 6.47. The zero-order valence-corrected chi connectivity index (χ0v) is 13.2. The van der Waals surface area contributed by atoms with E-state index in [0.717, 1.165) is 5.56 Å². The Balaban J connectivity index is 2.72. The molecular formula is C15H21N3O4. The number of benzene rings is 1. The highest BCUT2D eigenvalue weighted by atomic mass is 16.6. The minimum Gasteiger partial charge on any atom is -0.444 e. The highest BCUT2D eigenvalue weighted by molar-refractivity contribution is 5.74. The fourth-order valence-corrected chi connectivity index (χ4v) is 1.74. The third-order valence-electron chi connectivity index (χ3n) is 2.59. The fourth-order valence-electron chi connectivity index (χ4n) is 1.74. The Labute approximate surface area is 129 Å². The van der Waals surface area contributed by atoms with Gasteiger partial charge < -0.3 is 15.8 Å². The van der Waals surface area contributed by atoms with E-state index in [1.54, 1.807) is 45.9 Å². The van der Waals surface area contributed by atoms with Gasteiger partial charge >= 0.3 is 6.09 Å². The van der Waals surface area contributed by atoms with Crippen LogP contribution < -0.4 is 11.1 Å². The van der Waals surface area contributed by atoms with Crippen molar-refractivity contribution in [3.05, 3.63) is 39.4 Å². The number of carbonyl (C=O) groups is 1. The van der Waals surface area contributed by atoms with Gasteiger partial charge in [-0.2, -0.15) is 0 Å². The van der Waals surface area contributed by atoms with Gasteiger partial charge in [0.15, 0.2) is 0 Å². The van der Waals surface area contributed by atoms with E-state index in [0.29, 0.717) is 5.56 Å². The Bertz CT molecular complexity index is 604. The minimum absolute atomic E-state index is 0.101. The number of anilines is 1. The van der Waals surface area contributed by atoms with E-state index in [4.69, 9.17) is 10.5 Å². The van der Waals surface area contributed by atoms with Crippen LogP contribution in [0.15, 0.2) is 18.2 Å². The molecule has 7 nitrogen and oxygen atoms in total. The summed E-state index contributed by atoms with van der Waals surface area (Å²) >= 11 is 0. The van der Waals surface area contributed by atoms with Crippen LogP contribution in [0.3, 0.4) is 0 Å². The SMILES string of the molecule is Cc1cc(C=CCNC(=O)OC(C)(C)C)c(N)c([N+](=O)[O-])c1. The number of amides is 1.